The molecule has 1 aromatic rings. The molecule has 2 heterocycles. The molecule has 0 amide bonds. The van der Waals surface area contributed by atoms with E-state index in [4.69, 9.17) is 4.74 Å². The van der Waals surface area contributed by atoms with E-state index in [1.54, 1.807) is 0 Å². The summed E-state index contributed by atoms with van der Waals surface area (Å²) in [5.41, 5.74) is -0.0340. The molecule has 3 heteroatoms. The van der Waals surface area contributed by atoms with E-state index in [1.165, 1.54) is 0 Å². The van der Waals surface area contributed by atoms with Gasteiger partial charge < -0.3 is 9.30 Å². The molecule has 0 radical (unpaired) electrons. The Morgan fingerprint density at radius 3 is 3.27 bits per heavy atom. The van der Waals surface area contributed by atoms with E-state index in [0.717, 1.165) is 12.4 Å². The van der Waals surface area contributed by atoms with Crippen molar-refractivity contribution in [2.75, 3.05) is 0 Å². The Bertz CT molecular complexity index is 265. The Hall–Kier alpha value is -0.830. The molecule has 0 saturated heterocycles. The van der Waals surface area contributed by atoms with Crippen LogP contribution in [0.15, 0.2) is 12.4 Å². The highest BCUT2D eigenvalue weighted by Crippen LogP contribution is 2.20. The van der Waals surface area contributed by atoms with Crippen molar-refractivity contribution >= 4 is 0 Å². The van der Waals surface area contributed by atoms with Crippen LogP contribution in [0.1, 0.15) is 19.7 Å². The molecule has 0 fully saturated rings. The minimum Gasteiger partial charge on any atom is -0.366 e. The first-order valence-electron chi connectivity index (χ1n) is 3.81. The number of imidazole rings is 1. The molecule has 1 aliphatic heterocycles. The highest BCUT2D eigenvalue weighted by Gasteiger charge is 2.25. The van der Waals surface area contributed by atoms with E-state index in [-0.39, 0.29) is 5.60 Å². The highest BCUT2D eigenvalue weighted by molar-refractivity contribution is 4.95. The van der Waals surface area contributed by atoms with Crippen molar-refractivity contribution in [3.05, 3.63) is 18.2 Å². The van der Waals surface area contributed by atoms with Crippen LogP contribution in [-0.4, -0.2) is 15.2 Å². The quantitative estimate of drug-likeness (QED) is 0.558. The molecule has 2 rings (SSSR count). The van der Waals surface area contributed by atoms with Gasteiger partial charge in [0.1, 0.15) is 12.4 Å². The molecular formula is C8H12N2O. The average molecular weight is 152 g/mol. The zero-order chi connectivity index (χ0) is 7.90. The standard InChI is InChI=1S/C8H12N2O/c1-8(2)6-10-4-3-9-7(10)5-11-8/h3-4H,5-6H2,1-2H3. The van der Waals surface area contributed by atoms with Gasteiger partial charge in [0.05, 0.1) is 12.1 Å². The summed E-state index contributed by atoms with van der Waals surface area (Å²) in [7, 11) is 0. The highest BCUT2D eigenvalue weighted by atomic mass is 16.5. The lowest BCUT2D eigenvalue weighted by Crippen LogP contribution is -2.35. The van der Waals surface area contributed by atoms with Gasteiger partial charge in [-0.15, -0.1) is 0 Å². The number of aromatic nitrogens is 2. The fourth-order valence-corrected chi connectivity index (χ4v) is 1.34. The molecule has 0 atom stereocenters. The summed E-state index contributed by atoms with van der Waals surface area (Å²) >= 11 is 0. The molecule has 0 bridgehead atoms. The largest absolute Gasteiger partial charge is 0.366 e. The van der Waals surface area contributed by atoms with Crippen LogP contribution >= 0.6 is 0 Å². The van der Waals surface area contributed by atoms with Crippen molar-refractivity contribution < 1.29 is 4.74 Å². The second-order valence-corrected chi connectivity index (χ2v) is 3.52. The molecule has 3 nitrogen and oxygen atoms in total. The topological polar surface area (TPSA) is 27.1 Å². The van der Waals surface area contributed by atoms with Gasteiger partial charge in [0.2, 0.25) is 0 Å². The molecular weight excluding hydrogens is 140 g/mol. The van der Waals surface area contributed by atoms with E-state index in [2.05, 4.69) is 23.4 Å². The maximum absolute atomic E-state index is 5.57. The lowest BCUT2D eigenvalue weighted by molar-refractivity contribution is -0.0645. The third-order valence-electron chi connectivity index (χ3n) is 1.94. The number of fused-ring (bicyclic) bond motifs is 1. The third kappa shape index (κ3) is 1.16. The second kappa shape index (κ2) is 2.08. The van der Waals surface area contributed by atoms with Gasteiger partial charge in [-0.3, -0.25) is 0 Å². The predicted octanol–water partition coefficient (Wildman–Crippen LogP) is 1.19. The van der Waals surface area contributed by atoms with Gasteiger partial charge >= 0.3 is 0 Å². The zero-order valence-corrected chi connectivity index (χ0v) is 6.87. The van der Waals surface area contributed by atoms with Gasteiger partial charge in [-0.1, -0.05) is 0 Å². The maximum Gasteiger partial charge on any atom is 0.134 e. The zero-order valence-electron chi connectivity index (χ0n) is 6.87. The summed E-state index contributed by atoms with van der Waals surface area (Å²) in [5.74, 6) is 1.03. The fourth-order valence-electron chi connectivity index (χ4n) is 1.34. The van der Waals surface area contributed by atoms with Gasteiger partial charge in [-0.2, -0.15) is 0 Å². The molecule has 0 unspecified atom stereocenters. The third-order valence-corrected chi connectivity index (χ3v) is 1.94. The Morgan fingerprint density at radius 2 is 2.45 bits per heavy atom. The first kappa shape index (κ1) is 6.85. The molecule has 60 valence electrons. The smallest absolute Gasteiger partial charge is 0.134 e. The van der Waals surface area contributed by atoms with Gasteiger partial charge in [-0.05, 0) is 13.8 Å². The SMILES string of the molecule is CC1(C)Cn2ccnc2CO1. The molecule has 0 aromatic carbocycles. The minimum atomic E-state index is -0.0340. The van der Waals surface area contributed by atoms with Crippen LogP contribution in [0.3, 0.4) is 0 Å². The van der Waals surface area contributed by atoms with Gasteiger partial charge in [0.25, 0.3) is 0 Å². The van der Waals surface area contributed by atoms with Crippen molar-refractivity contribution in [3.63, 3.8) is 0 Å². The van der Waals surface area contributed by atoms with E-state index >= 15 is 0 Å². The van der Waals surface area contributed by atoms with Gasteiger partial charge in [-0.25, -0.2) is 4.98 Å². The first-order valence-corrected chi connectivity index (χ1v) is 3.81. The van der Waals surface area contributed by atoms with Crippen LogP contribution in [0.25, 0.3) is 0 Å². The fraction of sp³-hybridized carbons (Fsp3) is 0.625. The Labute approximate surface area is 66.0 Å². The lowest BCUT2D eigenvalue weighted by Gasteiger charge is -2.30. The van der Waals surface area contributed by atoms with Crippen molar-refractivity contribution in [1.82, 2.24) is 9.55 Å². The minimum absolute atomic E-state index is 0.0340. The lowest BCUT2D eigenvalue weighted by atomic mass is 10.1. The van der Waals surface area contributed by atoms with Crippen LogP contribution in [0.2, 0.25) is 0 Å². The Morgan fingerprint density at radius 1 is 1.64 bits per heavy atom. The Kier molecular flexibility index (Phi) is 1.29. The summed E-state index contributed by atoms with van der Waals surface area (Å²) in [6.45, 7) is 5.73. The second-order valence-electron chi connectivity index (χ2n) is 3.52. The number of rotatable bonds is 0. The monoisotopic (exact) mass is 152 g/mol. The summed E-state index contributed by atoms with van der Waals surface area (Å²) in [6, 6.07) is 0. The number of hydrogen-bond donors (Lipinski definition) is 0. The van der Waals surface area contributed by atoms with Crippen molar-refractivity contribution in [3.8, 4) is 0 Å². The van der Waals surface area contributed by atoms with E-state index in [9.17, 15) is 0 Å². The van der Waals surface area contributed by atoms with E-state index < -0.39 is 0 Å². The molecule has 0 N–H and O–H groups in total. The summed E-state index contributed by atoms with van der Waals surface area (Å²) in [6.07, 6.45) is 3.82. The van der Waals surface area contributed by atoms with Crippen molar-refractivity contribution in [2.45, 2.75) is 32.6 Å². The summed E-state index contributed by atoms with van der Waals surface area (Å²) in [5, 5.41) is 0. The Balaban J connectivity index is 2.32. The number of nitrogens with zero attached hydrogens (tertiary/aromatic N) is 2. The van der Waals surface area contributed by atoms with Crippen molar-refractivity contribution in [1.29, 1.82) is 0 Å². The summed E-state index contributed by atoms with van der Waals surface area (Å²) < 4.78 is 7.71. The maximum atomic E-state index is 5.57. The van der Waals surface area contributed by atoms with Gasteiger partial charge in [0, 0.05) is 12.4 Å². The summed E-state index contributed by atoms with van der Waals surface area (Å²) in [4.78, 5) is 4.16. The number of hydrogen-bond acceptors (Lipinski definition) is 2. The molecule has 1 aliphatic rings. The molecule has 1 aromatic heterocycles. The van der Waals surface area contributed by atoms with Crippen LogP contribution in [0.4, 0.5) is 0 Å². The number of ether oxygens (including phenoxy) is 1. The average Bonchev–Trinajstić information content (AvgIpc) is 2.31. The molecule has 0 spiro atoms. The molecule has 11 heavy (non-hydrogen) atoms. The van der Waals surface area contributed by atoms with Gasteiger partial charge in [0.15, 0.2) is 0 Å². The van der Waals surface area contributed by atoms with Crippen LogP contribution in [0, 0.1) is 0 Å². The molecule has 0 saturated carbocycles. The van der Waals surface area contributed by atoms with Crippen LogP contribution < -0.4 is 0 Å². The van der Waals surface area contributed by atoms with Crippen LogP contribution in [0.5, 0.6) is 0 Å². The first-order chi connectivity index (χ1) is 5.17. The normalized spacial score (nSPS) is 21.3. The predicted molar refractivity (Wildman–Crippen MR) is 41.1 cm³/mol. The van der Waals surface area contributed by atoms with E-state index in [0.29, 0.717) is 6.61 Å². The molecule has 0 aliphatic carbocycles. The van der Waals surface area contributed by atoms with E-state index in [1.807, 2.05) is 12.4 Å². The van der Waals surface area contributed by atoms with Crippen molar-refractivity contribution in [2.24, 2.45) is 0 Å². The van der Waals surface area contributed by atoms with Crippen LogP contribution in [-0.2, 0) is 17.9 Å².